The second kappa shape index (κ2) is 4.92. The normalized spacial score (nSPS) is 20.0. The number of anilines is 1. The highest BCUT2D eigenvalue weighted by molar-refractivity contribution is 6.18. The Labute approximate surface area is 124 Å². The molecule has 0 aliphatic carbocycles. The standard InChI is InChI=1S/C15H21ClN4/c1-15(2,3)13-9-12-14(17-6-8-20(12)18-13)19-7-4-5-11(19)10-16/h6,8-9,11H,4-5,7,10H2,1-3H3. The zero-order chi connectivity index (χ0) is 14.3. The summed E-state index contributed by atoms with van der Waals surface area (Å²) < 4.78 is 1.94. The fourth-order valence-electron chi connectivity index (χ4n) is 2.77. The van der Waals surface area contributed by atoms with E-state index >= 15 is 0 Å². The molecule has 4 nitrogen and oxygen atoms in total. The third-order valence-electron chi connectivity index (χ3n) is 3.97. The zero-order valence-corrected chi connectivity index (χ0v) is 13.1. The maximum absolute atomic E-state index is 6.09. The smallest absolute Gasteiger partial charge is 0.154 e. The summed E-state index contributed by atoms with van der Waals surface area (Å²) in [6.07, 6.45) is 6.07. The van der Waals surface area contributed by atoms with E-state index in [0.717, 1.165) is 30.0 Å². The van der Waals surface area contributed by atoms with Gasteiger partial charge in [0.15, 0.2) is 5.82 Å². The van der Waals surface area contributed by atoms with Gasteiger partial charge < -0.3 is 4.90 Å². The van der Waals surface area contributed by atoms with Gasteiger partial charge in [-0.3, -0.25) is 0 Å². The number of hydrogen-bond donors (Lipinski definition) is 0. The van der Waals surface area contributed by atoms with E-state index in [1.165, 1.54) is 6.42 Å². The molecule has 2 aromatic rings. The van der Waals surface area contributed by atoms with E-state index in [1.54, 1.807) is 0 Å². The Morgan fingerprint density at radius 1 is 1.40 bits per heavy atom. The van der Waals surface area contributed by atoms with Crippen molar-refractivity contribution in [2.75, 3.05) is 17.3 Å². The van der Waals surface area contributed by atoms with E-state index in [0.29, 0.717) is 11.9 Å². The van der Waals surface area contributed by atoms with Crippen molar-refractivity contribution in [2.45, 2.75) is 45.1 Å². The first-order valence-corrected chi connectivity index (χ1v) is 7.71. The fraction of sp³-hybridized carbons (Fsp3) is 0.600. The zero-order valence-electron chi connectivity index (χ0n) is 12.3. The van der Waals surface area contributed by atoms with Gasteiger partial charge in [-0.05, 0) is 18.9 Å². The molecular formula is C15H21ClN4. The molecule has 1 unspecified atom stereocenters. The minimum atomic E-state index is 0.0419. The van der Waals surface area contributed by atoms with E-state index in [1.807, 2.05) is 16.9 Å². The highest BCUT2D eigenvalue weighted by atomic mass is 35.5. The summed E-state index contributed by atoms with van der Waals surface area (Å²) in [5.41, 5.74) is 2.21. The average Bonchev–Trinajstić information content (AvgIpc) is 3.03. The highest BCUT2D eigenvalue weighted by Crippen LogP contribution is 2.30. The maximum Gasteiger partial charge on any atom is 0.154 e. The van der Waals surface area contributed by atoms with E-state index < -0.39 is 0 Å². The van der Waals surface area contributed by atoms with Crippen LogP contribution < -0.4 is 4.90 Å². The molecular weight excluding hydrogens is 272 g/mol. The minimum absolute atomic E-state index is 0.0419. The van der Waals surface area contributed by atoms with Crippen LogP contribution in [-0.4, -0.2) is 33.1 Å². The molecule has 3 rings (SSSR count). The molecule has 20 heavy (non-hydrogen) atoms. The van der Waals surface area contributed by atoms with Gasteiger partial charge in [-0.15, -0.1) is 11.6 Å². The SMILES string of the molecule is CC(C)(C)c1cc2c(N3CCCC3CCl)nccn2n1. The summed E-state index contributed by atoms with van der Waals surface area (Å²) in [5, 5.41) is 4.68. The van der Waals surface area contributed by atoms with Crippen molar-refractivity contribution in [1.29, 1.82) is 0 Å². The quantitative estimate of drug-likeness (QED) is 0.797. The van der Waals surface area contributed by atoms with Gasteiger partial charge in [-0.1, -0.05) is 20.8 Å². The molecule has 0 radical (unpaired) electrons. The van der Waals surface area contributed by atoms with Crippen molar-refractivity contribution in [2.24, 2.45) is 0 Å². The first-order chi connectivity index (χ1) is 9.50. The maximum atomic E-state index is 6.09. The number of nitrogens with zero attached hydrogens (tertiary/aromatic N) is 4. The van der Waals surface area contributed by atoms with Gasteiger partial charge in [0, 0.05) is 36.3 Å². The predicted molar refractivity (Wildman–Crippen MR) is 82.8 cm³/mol. The molecule has 2 aromatic heterocycles. The van der Waals surface area contributed by atoms with Crippen LogP contribution in [0.2, 0.25) is 0 Å². The van der Waals surface area contributed by atoms with Crippen molar-refractivity contribution in [1.82, 2.24) is 14.6 Å². The molecule has 3 heterocycles. The van der Waals surface area contributed by atoms with E-state index in [2.05, 4.69) is 41.8 Å². The van der Waals surface area contributed by atoms with Gasteiger partial charge >= 0.3 is 0 Å². The molecule has 0 spiro atoms. The molecule has 1 fully saturated rings. The Bertz CT molecular complexity index is 614. The molecule has 1 aliphatic heterocycles. The van der Waals surface area contributed by atoms with Crippen LogP contribution in [0.5, 0.6) is 0 Å². The molecule has 108 valence electrons. The van der Waals surface area contributed by atoms with Crippen LogP contribution in [0.25, 0.3) is 5.52 Å². The summed E-state index contributed by atoms with van der Waals surface area (Å²) in [7, 11) is 0. The molecule has 0 bridgehead atoms. The van der Waals surface area contributed by atoms with Crippen LogP contribution in [0.3, 0.4) is 0 Å². The largest absolute Gasteiger partial charge is 0.351 e. The first-order valence-electron chi connectivity index (χ1n) is 7.18. The van der Waals surface area contributed by atoms with Crippen LogP contribution in [0.4, 0.5) is 5.82 Å². The predicted octanol–water partition coefficient (Wildman–Crippen LogP) is 3.23. The molecule has 5 heteroatoms. The van der Waals surface area contributed by atoms with Crippen molar-refractivity contribution in [3.63, 3.8) is 0 Å². The lowest BCUT2D eigenvalue weighted by atomic mass is 9.92. The van der Waals surface area contributed by atoms with Gasteiger partial charge in [0.2, 0.25) is 0 Å². The van der Waals surface area contributed by atoms with Crippen molar-refractivity contribution >= 4 is 22.9 Å². The summed E-state index contributed by atoms with van der Waals surface area (Å²) in [6, 6.07) is 2.55. The second-order valence-corrected chi connectivity index (χ2v) is 6.81. The Hall–Kier alpha value is -1.29. The van der Waals surface area contributed by atoms with Crippen LogP contribution in [-0.2, 0) is 5.41 Å². The number of hydrogen-bond acceptors (Lipinski definition) is 3. The van der Waals surface area contributed by atoms with Crippen LogP contribution >= 0.6 is 11.6 Å². The van der Waals surface area contributed by atoms with E-state index in [4.69, 9.17) is 11.6 Å². The average molecular weight is 293 g/mol. The Balaban J connectivity index is 2.09. The Kier molecular flexibility index (Phi) is 3.36. The van der Waals surface area contributed by atoms with Crippen LogP contribution in [0, 0.1) is 0 Å². The summed E-state index contributed by atoms with van der Waals surface area (Å²) in [6.45, 7) is 7.57. The minimum Gasteiger partial charge on any atom is -0.351 e. The van der Waals surface area contributed by atoms with Crippen molar-refractivity contribution in [3.8, 4) is 0 Å². The van der Waals surface area contributed by atoms with Gasteiger partial charge in [0.25, 0.3) is 0 Å². The fourth-order valence-corrected chi connectivity index (χ4v) is 3.09. The second-order valence-electron chi connectivity index (χ2n) is 6.50. The number of aromatic nitrogens is 3. The van der Waals surface area contributed by atoms with Gasteiger partial charge in [-0.2, -0.15) is 5.10 Å². The van der Waals surface area contributed by atoms with Crippen LogP contribution in [0.1, 0.15) is 39.3 Å². The summed E-state index contributed by atoms with van der Waals surface area (Å²) in [4.78, 5) is 6.92. The molecule has 0 N–H and O–H groups in total. The lowest BCUT2D eigenvalue weighted by Gasteiger charge is -2.24. The summed E-state index contributed by atoms with van der Waals surface area (Å²) in [5.74, 6) is 1.67. The van der Waals surface area contributed by atoms with Gasteiger partial charge in [0.05, 0.1) is 5.69 Å². The van der Waals surface area contributed by atoms with Crippen LogP contribution in [0.15, 0.2) is 18.5 Å². The van der Waals surface area contributed by atoms with E-state index in [-0.39, 0.29) is 5.41 Å². The Morgan fingerprint density at radius 3 is 2.90 bits per heavy atom. The number of halogens is 1. The van der Waals surface area contributed by atoms with Gasteiger partial charge in [0.1, 0.15) is 5.52 Å². The van der Waals surface area contributed by atoms with Gasteiger partial charge in [-0.25, -0.2) is 9.50 Å². The van der Waals surface area contributed by atoms with Crippen molar-refractivity contribution < 1.29 is 0 Å². The monoisotopic (exact) mass is 292 g/mol. The molecule has 1 saturated heterocycles. The molecule has 0 saturated carbocycles. The molecule has 0 aromatic carbocycles. The number of fused-ring (bicyclic) bond motifs is 1. The summed E-state index contributed by atoms with van der Waals surface area (Å²) >= 11 is 6.09. The Morgan fingerprint density at radius 2 is 2.20 bits per heavy atom. The molecule has 1 atom stereocenters. The highest BCUT2D eigenvalue weighted by Gasteiger charge is 2.27. The number of rotatable bonds is 2. The lowest BCUT2D eigenvalue weighted by Crippen LogP contribution is -2.31. The topological polar surface area (TPSA) is 33.4 Å². The van der Waals surface area contributed by atoms with E-state index in [9.17, 15) is 0 Å². The molecule has 1 aliphatic rings. The first kappa shape index (κ1) is 13.7. The lowest BCUT2D eigenvalue weighted by molar-refractivity contribution is 0.562. The number of alkyl halides is 1. The third-order valence-corrected chi connectivity index (χ3v) is 4.32. The molecule has 0 amide bonds. The third kappa shape index (κ3) is 2.26. The van der Waals surface area contributed by atoms with Crippen molar-refractivity contribution in [3.05, 3.63) is 24.2 Å².